The highest BCUT2D eigenvalue weighted by Crippen LogP contribution is 2.39. The van der Waals surface area contributed by atoms with Gasteiger partial charge in [-0.05, 0) is 60.7 Å². The number of nitrogens with zero attached hydrogens (tertiary/aromatic N) is 5. The van der Waals surface area contributed by atoms with Crippen molar-refractivity contribution >= 4 is 17.5 Å². The van der Waals surface area contributed by atoms with Crippen LogP contribution in [-0.2, 0) is 34.2 Å². The van der Waals surface area contributed by atoms with E-state index in [1.165, 1.54) is 11.2 Å². The molecule has 1 aliphatic heterocycles. The third-order valence-corrected chi connectivity index (χ3v) is 7.95. The van der Waals surface area contributed by atoms with Crippen molar-refractivity contribution in [3.63, 3.8) is 0 Å². The molecule has 0 radical (unpaired) electrons. The Labute approximate surface area is 251 Å². The number of benzene rings is 2. The van der Waals surface area contributed by atoms with Crippen molar-refractivity contribution in [2.45, 2.75) is 57.4 Å². The summed E-state index contributed by atoms with van der Waals surface area (Å²) in [5, 5.41) is 28.4. The Morgan fingerprint density at radius 2 is 2.02 bits per heavy atom. The molecule has 0 unspecified atom stereocenters. The van der Waals surface area contributed by atoms with Gasteiger partial charge in [0.2, 0.25) is 11.7 Å². The Morgan fingerprint density at radius 1 is 1.16 bits per heavy atom. The van der Waals surface area contributed by atoms with Crippen LogP contribution < -0.4 is 15.4 Å². The van der Waals surface area contributed by atoms with Crippen LogP contribution in [0, 0.1) is 0 Å². The Balaban J connectivity index is 1.05. The smallest absolute Gasteiger partial charge is 0.262 e. The summed E-state index contributed by atoms with van der Waals surface area (Å²) in [4.78, 5) is 28.4. The standard InChI is InChI=1S/C31H41N7O5/c1-37-35-31(34-36-37)24-7-5-6-22(20-24)13-18-42-19-14-28(41)38(25-8-3-2-4-9-25)17-16-32-15-12-23-10-11-26(39)29-30(23)43-21-27(40)33-29/h5-7,10-11,20,25,32,39H,2-4,8-9,12-19,21H2,1H3,(H,33,40). The van der Waals surface area contributed by atoms with Crippen molar-refractivity contribution in [2.75, 3.05) is 44.8 Å². The molecule has 0 atom stereocenters. The molecule has 1 aliphatic carbocycles. The van der Waals surface area contributed by atoms with Gasteiger partial charge in [0.05, 0.1) is 26.7 Å². The van der Waals surface area contributed by atoms with Crippen molar-refractivity contribution in [1.82, 2.24) is 30.4 Å². The number of rotatable bonds is 14. The topological polar surface area (TPSA) is 144 Å². The number of nitrogens with one attached hydrogen (secondary N) is 2. The average molecular weight is 592 g/mol. The molecule has 2 heterocycles. The largest absolute Gasteiger partial charge is 0.506 e. The summed E-state index contributed by atoms with van der Waals surface area (Å²) in [5.74, 6) is 0.974. The van der Waals surface area contributed by atoms with E-state index in [1.807, 2.05) is 35.2 Å². The van der Waals surface area contributed by atoms with Crippen LogP contribution in [0.5, 0.6) is 11.5 Å². The van der Waals surface area contributed by atoms with Crippen molar-refractivity contribution in [3.8, 4) is 22.9 Å². The number of phenolic OH excluding ortho intramolecular Hbond substituents is 1. The predicted molar refractivity (Wildman–Crippen MR) is 161 cm³/mol. The SMILES string of the molecule is Cn1nnc(-c2cccc(CCOCCC(=O)N(CCNCCc3ccc(O)c4c3OCC(=O)N4)C3CCCCC3)c2)n1. The van der Waals surface area contributed by atoms with Gasteiger partial charge in [0, 0.05) is 24.7 Å². The number of fused-ring (bicyclic) bond motifs is 1. The highest BCUT2D eigenvalue weighted by atomic mass is 16.5. The number of carbonyl (C=O) groups is 2. The van der Waals surface area contributed by atoms with Gasteiger partial charge >= 0.3 is 0 Å². The number of aromatic hydroxyl groups is 1. The summed E-state index contributed by atoms with van der Waals surface area (Å²) >= 11 is 0. The zero-order chi connectivity index (χ0) is 30.0. The number of aryl methyl sites for hydroxylation is 1. The molecule has 1 saturated carbocycles. The van der Waals surface area contributed by atoms with Gasteiger partial charge in [-0.3, -0.25) is 9.59 Å². The van der Waals surface area contributed by atoms with Crippen LogP contribution in [0.1, 0.15) is 49.7 Å². The fraction of sp³-hybridized carbons (Fsp3) is 0.516. The molecule has 12 heteroatoms. The molecule has 3 N–H and O–H groups in total. The van der Waals surface area contributed by atoms with Gasteiger partial charge < -0.3 is 30.1 Å². The minimum absolute atomic E-state index is 0.00416. The van der Waals surface area contributed by atoms with E-state index in [2.05, 4.69) is 26.0 Å². The first-order chi connectivity index (χ1) is 21.0. The van der Waals surface area contributed by atoms with E-state index >= 15 is 0 Å². The number of carbonyl (C=O) groups excluding carboxylic acids is 2. The van der Waals surface area contributed by atoms with Gasteiger partial charge in [-0.25, -0.2) is 0 Å². The summed E-state index contributed by atoms with van der Waals surface area (Å²) in [6, 6.07) is 11.7. The number of tetrazole rings is 1. The van der Waals surface area contributed by atoms with Crippen LogP contribution in [0.25, 0.3) is 11.4 Å². The lowest BCUT2D eigenvalue weighted by Crippen LogP contribution is -2.45. The zero-order valence-corrected chi connectivity index (χ0v) is 24.8. The first-order valence-electron chi connectivity index (χ1n) is 15.2. The van der Waals surface area contributed by atoms with E-state index in [-0.39, 0.29) is 30.2 Å². The van der Waals surface area contributed by atoms with Crippen LogP contribution in [0.15, 0.2) is 36.4 Å². The number of phenols is 1. The zero-order valence-electron chi connectivity index (χ0n) is 24.8. The van der Waals surface area contributed by atoms with Crippen LogP contribution in [-0.4, -0.2) is 87.5 Å². The number of hydrogen-bond donors (Lipinski definition) is 3. The normalized spacial score (nSPS) is 15.0. The lowest BCUT2D eigenvalue weighted by atomic mass is 9.94. The molecule has 1 aromatic heterocycles. The summed E-state index contributed by atoms with van der Waals surface area (Å²) in [6.07, 6.45) is 7.41. The second-order valence-electron chi connectivity index (χ2n) is 11.1. The maximum absolute atomic E-state index is 13.3. The van der Waals surface area contributed by atoms with Gasteiger partial charge in [-0.2, -0.15) is 4.80 Å². The minimum Gasteiger partial charge on any atom is -0.506 e. The molecule has 0 bridgehead atoms. The molecule has 0 spiro atoms. The van der Waals surface area contributed by atoms with Gasteiger partial charge in [-0.15, -0.1) is 10.2 Å². The summed E-state index contributed by atoms with van der Waals surface area (Å²) < 4.78 is 11.5. The Kier molecular flexibility index (Phi) is 10.6. The molecule has 0 saturated heterocycles. The van der Waals surface area contributed by atoms with Crippen LogP contribution in [0.2, 0.25) is 0 Å². The van der Waals surface area contributed by atoms with Gasteiger partial charge in [0.15, 0.2) is 12.4 Å². The quantitative estimate of drug-likeness (QED) is 0.190. The van der Waals surface area contributed by atoms with E-state index in [0.717, 1.165) is 48.8 Å². The highest BCUT2D eigenvalue weighted by Gasteiger charge is 2.25. The average Bonchev–Trinajstić information content (AvgIpc) is 3.46. The molecule has 2 aromatic carbocycles. The maximum Gasteiger partial charge on any atom is 0.262 e. The van der Waals surface area contributed by atoms with Crippen LogP contribution in [0.4, 0.5) is 5.69 Å². The Bertz CT molecular complexity index is 1390. The maximum atomic E-state index is 13.3. The fourth-order valence-corrected chi connectivity index (χ4v) is 5.72. The van der Waals surface area contributed by atoms with E-state index in [1.54, 1.807) is 13.1 Å². The van der Waals surface area contributed by atoms with E-state index < -0.39 is 0 Å². The second-order valence-corrected chi connectivity index (χ2v) is 11.1. The number of hydrogen-bond acceptors (Lipinski definition) is 9. The van der Waals surface area contributed by atoms with Crippen molar-refractivity contribution in [3.05, 3.63) is 47.5 Å². The van der Waals surface area contributed by atoms with E-state index in [4.69, 9.17) is 9.47 Å². The molecular weight excluding hydrogens is 550 g/mol. The molecule has 43 heavy (non-hydrogen) atoms. The van der Waals surface area contributed by atoms with Crippen molar-refractivity contribution < 1.29 is 24.2 Å². The first-order valence-corrected chi connectivity index (χ1v) is 15.2. The van der Waals surface area contributed by atoms with E-state index in [9.17, 15) is 14.7 Å². The summed E-state index contributed by atoms with van der Waals surface area (Å²) in [7, 11) is 1.74. The number of amides is 2. The van der Waals surface area contributed by atoms with Gasteiger partial charge in [-0.1, -0.05) is 43.5 Å². The third-order valence-electron chi connectivity index (χ3n) is 7.95. The molecule has 2 amide bonds. The molecular formula is C31H41N7O5. The van der Waals surface area contributed by atoms with Gasteiger partial charge in [0.1, 0.15) is 11.4 Å². The Morgan fingerprint density at radius 3 is 2.84 bits per heavy atom. The van der Waals surface area contributed by atoms with Gasteiger partial charge in [0.25, 0.3) is 5.91 Å². The monoisotopic (exact) mass is 591 g/mol. The third kappa shape index (κ3) is 8.29. The predicted octanol–water partition coefficient (Wildman–Crippen LogP) is 2.86. The molecule has 1 fully saturated rings. The van der Waals surface area contributed by atoms with E-state index in [0.29, 0.717) is 63.0 Å². The fourth-order valence-electron chi connectivity index (χ4n) is 5.72. The molecule has 2 aliphatic rings. The lowest BCUT2D eigenvalue weighted by Gasteiger charge is -2.34. The molecule has 230 valence electrons. The molecule has 3 aromatic rings. The minimum atomic E-state index is -0.280. The van der Waals surface area contributed by atoms with Crippen molar-refractivity contribution in [1.29, 1.82) is 0 Å². The van der Waals surface area contributed by atoms with Crippen LogP contribution in [0.3, 0.4) is 0 Å². The molecule has 5 rings (SSSR count). The summed E-state index contributed by atoms with van der Waals surface area (Å²) in [5.41, 5.74) is 3.28. The van der Waals surface area contributed by atoms with Crippen LogP contribution >= 0.6 is 0 Å². The first kappa shape index (κ1) is 30.4. The summed E-state index contributed by atoms with van der Waals surface area (Å²) in [6.45, 7) is 2.87. The number of anilines is 1. The number of aromatic nitrogens is 4. The Hall–Kier alpha value is -4.03. The second kappa shape index (κ2) is 14.9. The number of ether oxygens (including phenoxy) is 2. The molecule has 12 nitrogen and oxygen atoms in total. The highest BCUT2D eigenvalue weighted by molar-refractivity contribution is 5.97. The van der Waals surface area contributed by atoms with Crippen molar-refractivity contribution in [2.24, 2.45) is 7.05 Å². The lowest BCUT2D eigenvalue weighted by molar-refractivity contribution is -0.135.